The van der Waals surface area contributed by atoms with Crippen molar-refractivity contribution in [1.29, 1.82) is 0 Å². The first-order valence-corrected chi connectivity index (χ1v) is 10.3. The highest BCUT2D eigenvalue weighted by Crippen LogP contribution is 2.46. The molecule has 24 heavy (non-hydrogen) atoms. The van der Waals surface area contributed by atoms with Gasteiger partial charge in [-0.15, -0.1) is 0 Å². The topological polar surface area (TPSA) is 0 Å². The predicted molar refractivity (Wildman–Crippen MR) is 101 cm³/mol. The van der Waals surface area contributed by atoms with E-state index in [4.69, 9.17) is 0 Å². The lowest BCUT2D eigenvalue weighted by atomic mass is 9.87. The van der Waals surface area contributed by atoms with Gasteiger partial charge in [0.1, 0.15) is 0 Å². The summed E-state index contributed by atoms with van der Waals surface area (Å²) in [6.45, 7) is 0. The van der Waals surface area contributed by atoms with Crippen LogP contribution in [-0.4, -0.2) is 0 Å². The summed E-state index contributed by atoms with van der Waals surface area (Å²) in [6, 6.07) is 9.61. The van der Waals surface area contributed by atoms with Crippen LogP contribution in [-0.2, 0) is 12.8 Å². The van der Waals surface area contributed by atoms with E-state index in [1.807, 2.05) is 0 Å². The smallest absolute Gasteiger partial charge is 0.0199 e. The van der Waals surface area contributed by atoms with E-state index in [9.17, 15) is 0 Å². The van der Waals surface area contributed by atoms with Crippen LogP contribution in [0.1, 0.15) is 49.7 Å². The first kappa shape index (κ1) is 15.0. The molecule has 0 nitrogen and oxygen atoms in total. The molecule has 0 heteroatoms. The maximum Gasteiger partial charge on any atom is -0.0199 e. The number of hydrogen-bond donors (Lipinski definition) is 0. The van der Waals surface area contributed by atoms with Crippen LogP contribution in [0.4, 0.5) is 0 Å². The normalized spacial score (nSPS) is 38.5. The van der Waals surface area contributed by atoms with E-state index >= 15 is 0 Å². The quantitative estimate of drug-likeness (QED) is 0.566. The van der Waals surface area contributed by atoms with Crippen molar-refractivity contribution in [3.8, 4) is 0 Å². The highest BCUT2D eigenvalue weighted by atomic mass is 14.4. The van der Waals surface area contributed by atoms with Crippen LogP contribution in [0.3, 0.4) is 0 Å². The maximum absolute atomic E-state index is 2.49. The Morgan fingerprint density at radius 2 is 1.04 bits per heavy atom. The lowest BCUT2D eigenvalue weighted by molar-refractivity contribution is 0.415. The summed E-state index contributed by atoms with van der Waals surface area (Å²) in [7, 11) is 0. The van der Waals surface area contributed by atoms with Gasteiger partial charge in [0.2, 0.25) is 0 Å². The first-order valence-electron chi connectivity index (χ1n) is 10.3. The van der Waals surface area contributed by atoms with Gasteiger partial charge in [-0.1, -0.05) is 48.6 Å². The minimum absolute atomic E-state index is 0.907. The molecule has 2 fully saturated rings. The average Bonchev–Trinajstić information content (AvgIpc) is 3.39. The summed E-state index contributed by atoms with van der Waals surface area (Å²) in [5.74, 6) is 5.58. The number of benzene rings is 1. The van der Waals surface area contributed by atoms with Crippen molar-refractivity contribution in [2.75, 3.05) is 0 Å². The van der Waals surface area contributed by atoms with Crippen LogP contribution in [0.15, 0.2) is 48.6 Å². The minimum Gasteiger partial charge on any atom is -0.0851 e. The molecule has 0 spiro atoms. The van der Waals surface area contributed by atoms with Gasteiger partial charge in [0.05, 0.1) is 0 Å². The van der Waals surface area contributed by atoms with Gasteiger partial charge in [0.15, 0.2) is 0 Å². The van der Waals surface area contributed by atoms with Gasteiger partial charge in [-0.25, -0.2) is 0 Å². The molecular formula is C24H30. The number of hydrogen-bond acceptors (Lipinski definition) is 0. The summed E-state index contributed by atoms with van der Waals surface area (Å²) < 4.78 is 0. The van der Waals surface area contributed by atoms with Gasteiger partial charge in [0.25, 0.3) is 0 Å². The number of allylic oxidation sites excluding steroid dienone is 4. The molecule has 4 aliphatic rings. The minimum atomic E-state index is 0.907. The highest BCUT2D eigenvalue weighted by molar-refractivity contribution is 5.23. The fourth-order valence-corrected chi connectivity index (χ4v) is 6.03. The molecule has 4 aliphatic carbocycles. The fraction of sp³-hybridized carbons (Fsp3) is 0.583. The summed E-state index contributed by atoms with van der Waals surface area (Å²) in [4.78, 5) is 0. The van der Waals surface area contributed by atoms with Crippen molar-refractivity contribution in [1.82, 2.24) is 0 Å². The van der Waals surface area contributed by atoms with E-state index in [1.165, 1.54) is 51.4 Å². The van der Waals surface area contributed by atoms with Crippen molar-refractivity contribution in [3.05, 3.63) is 59.7 Å². The summed E-state index contributed by atoms with van der Waals surface area (Å²) in [5, 5.41) is 0. The zero-order valence-corrected chi connectivity index (χ0v) is 14.7. The molecule has 0 aliphatic heterocycles. The molecule has 0 aromatic heterocycles. The Kier molecular flexibility index (Phi) is 3.88. The molecule has 0 radical (unpaired) electrons. The molecule has 1 aromatic rings. The monoisotopic (exact) mass is 318 g/mol. The van der Waals surface area contributed by atoms with Crippen molar-refractivity contribution >= 4 is 0 Å². The van der Waals surface area contributed by atoms with E-state index in [-0.39, 0.29) is 0 Å². The Bertz CT molecular complexity index is 578. The molecule has 0 amide bonds. The molecule has 126 valence electrons. The summed E-state index contributed by atoms with van der Waals surface area (Å²) in [5.41, 5.74) is 3.10. The molecule has 0 heterocycles. The fourth-order valence-electron chi connectivity index (χ4n) is 6.03. The lowest BCUT2D eigenvalue weighted by Crippen LogP contribution is -2.08. The van der Waals surface area contributed by atoms with Gasteiger partial charge < -0.3 is 0 Å². The Labute approximate surface area is 147 Å². The lowest BCUT2D eigenvalue weighted by Gasteiger charge is -2.18. The molecule has 0 N–H and O–H groups in total. The Hall–Kier alpha value is -1.30. The van der Waals surface area contributed by atoms with Crippen molar-refractivity contribution in [2.24, 2.45) is 35.5 Å². The Balaban J connectivity index is 1.10. The second-order valence-electron chi connectivity index (χ2n) is 8.97. The maximum atomic E-state index is 2.49. The van der Waals surface area contributed by atoms with Crippen LogP contribution in [0.25, 0.3) is 0 Å². The van der Waals surface area contributed by atoms with Crippen molar-refractivity contribution < 1.29 is 0 Å². The zero-order valence-electron chi connectivity index (χ0n) is 14.7. The predicted octanol–water partition coefficient (Wildman–Crippen LogP) is 5.98. The first-order chi connectivity index (χ1) is 11.8. The van der Waals surface area contributed by atoms with E-state index < -0.39 is 0 Å². The number of rotatable bonds is 6. The van der Waals surface area contributed by atoms with Crippen LogP contribution < -0.4 is 0 Å². The Morgan fingerprint density at radius 1 is 0.583 bits per heavy atom. The molecule has 2 saturated carbocycles. The molecule has 6 unspecified atom stereocenters. The van der Waals surface area contributed by atoms with Crippen molar-refractivity contribution in [2.45, 2.75) is 51.4 Å². The van der Waals surface area contributed by atoms with Crippen LogP contribution in [0, 0.1) is 35.5 Å². The van der Waals surface area contributed by atoms with Gasteiger partial charge >= 0.3 is 0 Å². The van der Waals surface area contributed by atoms with E-state index in [0.717, 1.165) is 35.5 Å². The largest absolute Gasteiger partial charge is 0.0851 e. The van der Waals surface area contributed by atoms with Crippen molar-refractivity contribution in [3.63, 3.8) is 0 Å². The Morgan fingerprint density at radius 3 is 1.38 bits per heavy atom. The van der Waals surface area contributed by atoms with Gasteiger partial charge in [-0.3, -0.25) is 0 Å². The second kappa shape index (κ2) is 6.21. The van der Waals surface area contributed by atoms with Gasteiger partial charge in [0, 0.05) is 0 Å². The summed E-state index contributed by atoms with van der Waals surface area (Å²) >= 11 is 0. The molecular weight excluding hydrogens is 288 g/mol. The SMILES string of the molecule is C1=CC2CC1CC2CCc1ccc(CCC2CC3C=CC2C3)cc1. The molecule has 5 rings (SSSR count). The zero-order chi connectivity index (χ0) is 15.9. The van der Waals surface area contributed by atoms with Crippen LogP contribution in [0.5, 0.6) is 0 Å². The van der Waals surface area contributed by atoms with Crippen LogP contribution >= 0.6 is 0 Å². The van der Waals surface area contributed by atoms with E-state index in [0.29, 0.717) is 0 Å². The molecule has 4 bridgehead atoms. The average molecular weight is 319 g/mol. The number of fused-ring (bicyclic) bond motifs is 4. The third-order valence-electron chi connectivity index (χ3n) is 7.46. The highest BCUT2D eigenvalue weighted by Gasteiger charge is 2.35. The standard InChI is InChI=1S/C24H30/c1-2-18(6-10-22-14-20-8-12-24(22)16-20)4-3-17(1)5-9-21-13-19-7-11-23(21)15-19/h1-4,7-8,11-12,19-24H,5-6,9-10,13-16H2. The third-order valence-corrected chi connectivity index (χ3v) is 7.46. The molecule has 6 atom stereocenters. The molecule has 0 saturated heterocycles. The van der Waals surface area contributed by atoms with Gasteiger partial charge in [-0.2, -0.15) is 0 Å². The van der Waals surface area contributed by atoms with E-state index in [2.05, 4.69) is 48.6 Å². The number of aryl methyl sites for hydroxylation is 2. The molecule has 1 aromatic carbocycles. The van der Waals surface area contributed by atoms with Gasteiger partial charge in [-0.05, 0) is 98.0 Å². The van der Waals surface area contributed by atoms with E-state index in [1.54, 1.807) is 11.1 Å². The summed E-state index contributed by atoms with van der Waals surface area (Å²) in [6.07, 6.45) is 21.0. The second-order valence-corrected chi connectivity index (χ2v) is 8.97. The third kappa shape index (κ3) is 2.89. The van der Waals surface area contributed by atoms with Crippen LogP contribution in [0.2, 0.25) is 0 Å².